The van der Waals surface area contributed by atoms with E-state index in [1.807, 2.05) is 6.08 Å². The van der Waals surface area contributed by atoms with Crippen LogP contribution >= 0.6 is 47.0 Å². The number of unbranched alkanes of at least 4 members (excludes halogenated alkanes) is 1. The molecule has 0 radical (unpaired) electrons. The average molecular weight is 1210 g/mol. The summed E-state index contributed by atoms with van der Waals surface area (Å²) in [6.45, 7) is 0.0853. The summed E-state index contributed by atoms with van der Waals surface area (Å²) >= 11 is 1.99. The molecule has 1 saturated heterocycles. The fourth-order valence-electron chi connectivity index (χ4n) is 6.70. The van der Waals surface area contributed by atoms with Crippen LogP contribution in [0.1, 0.15) is 71.4 Å². The molecule has 3 heterocycles. The maximum atomic E-state index is 12.8. The van der Waals surface area contributed by atoms with Crippen molar-refractivity contribution in [2.45, 2.75) is 113 Å². The number of allylic oxidation sites excluding steroid dienone is 5. The average Bonchev–Trinajstić information content (AvgIpc) is 3.91. The molecule has 438 valence electrons. The van der Waals surface area contributed by atoms with E-state index < -0.39 is 119 Å². The Labute approximate surface area is 454 Å². The number of nitrogen functional groups attached to an aromatic ring is 1. The van der Waals surface area contributed by atoms with E-state index in [0.717, 1.165) is 40.7 Å². The molecule has 0 aromatic carbocycles. The number of nitrogens with two attached hydrogens (primary N) is 2. The Bertz CT molecular complexity index is 2600. The number of amides is 2. The Kier molecular flexibility index (Phi) is 28.0. The van der Waals surface area contributed by atoms with Gasteiger partial charge in [-0.05, 0) is 25.7 Å². The van der Waals surface area contributed by atoms with Crippen LogP contribution in [0.5, 0.6) is 0 Å². The smallest absolute Gasteiger partial charge is 0.481 e. The summed E-state index contributed by atoms with van der Waals surface area (Å²) in [7, 11) is -16.5. The molecule has 0 aliphatic carbocycles. The van der Waals surface area contributed by atoms with Crippen LogP contribution in [0.2, 0.25) is 0 Å². The van der Waals surface area contributed by atoms with Crippen molar-refractivity contribution in [3.63, 3.8) is 0 Å². The Morgan fingerprint density at radius 2 is 1.62 bits per heavy atom. The van der Waals surface area contributed by atoms with Crippen LogP contribution in [-0.2, 0) is 65.1 Å². The second-order valence-corrected chi connectivity index (χ2v) is 24.3. The molecule has 78 heavy (non-hydrogen) atoms. The number of Topliss-reactive ketones (excluding diaryl/α,β-unsaturated/α-hetero) is 1. The minimum Gasteiger partial charge on any atom is -0.481 e. The number of ether oxygens (including phenoxy) is 1. The highest BCUT2D eigenvalue weighted by Crippen LogP contribution is 2.61. The lowest BCUT2D eigenvalue weighted by Gasteiger charge is -2.30. The lowest BCUT2D eigenvalue weighted by Crippen LogP contribution is -2.46. The fourth-order valence-corrected chi connectivity index (χ4v) is 11.4. The van der Waals surface area contributed by atoms with E-state index in [0.29, 0.717) is 12.8 Å². The molecule has 1 aliphatic heterocycles. The van der Waals surface area contributed by atoms with E-state index in [2.05, 4.69) is 34.4 Å². The summed E-state index contributed by atoms with van der Waals surface area (Å²) in [4.78, 5) is 123. The van der Waals surface area contributed by atoms with E-state index in [1.54, 1.807) is 30.4 Å². The van der Waals surface area contributed by atoms with Gasteiger partial charge in [-0.15, -0.1) is 11.8 Å². The van der Waals surface area contributed by atoms with Gasteiger partial charge in [0.1, 0.15) is 48.1 Å². The van der Waals surface area contributed by atoms with Crippen molar-refractivity contribution < 1.29 is 110 Å². The number of hydrogen-bond acceptors (Lipinski definition) is 24. The third-order valence-corrected chi connectivity index (χ3v) is 16.1. The van der Waals surface area contributed by atoms with Crippen LogP contribution < -0.4 is 22.1 Å². The van der Waals surface area contributed by atoms with Crippen molar-refractivity contribution in [3.8, 4) is 0 Å². The number of aromatic nitrogens is 4. The van der Waals surface area contributed by atoms with Crippen molar-refractivity contribution >= 4 is 98.6 Å². The Balaban J connectivity index is 1.32. The SMILES string of the molecule is CC(C)(COP(=O)(O)OP(=O)(O)OCC1OC(n2cnc3c(N)ncnc32)C(O)C1OP(=O)(O)O)C(O)C(=O)NCCC(=O)NCCSC(=O)CC(=O)CCC/C=C/C=C/C=C/C(SCC(N)C(=O)O)C(O)CCCC(=O)O. The molecule has 1 aliphatic rings. The molecule has 2 aromatic heterocycles. The first-order valence-corrected chi connectivity index (χ1v) is 30.0. The van der Waals surface area contributed by atoms with Gasteiger partial charge in [0.2, 0.25) is 11.8 Å². The quantitative estimate of drug-likeness (QED) is 0.0191. The third-order valence-electron chi connectivity index (χ3n) is 10.8. The minimum absolute atomic E-state index is 0.00855. The Morgan fingerprint density at radius 3 is 2.29 bits per heavy atom. The number of thioether (sulfide) groups is 2. The molecular weight excluding hydrogens is 1140 g/mol. The molecule has 15 N–H and O–H groups in total. The Morgan fingerprint density at radius 1 is 0.923 bits per heavy atom. The summed E-state index contributed by atoms with van der Waals surface area (Å²) in [6.07, 6.45) is 3.28. The van der Waals surface area contributed by atoms with Gasteiger partial charge in [-0.2, -0.15) is 4.31 Å². The van der Waals surface area contributed by atoms with Gasteiger partial charge >= 0.3 is 35.4 Å². The topological polar surface area (TPSA) is 502 Å². The highest BCUT2D eigenvalue weighted by molar-refractivity contribution is 8.13. The number of nitrogens with zero attached hydrogens (tertiary/aromatic N) is 4. The summed E-state index contributed by atoms with van der Waals surface area (Å²) in [5.74, 6) is -3.91. The molecule has 10 unspecified atom stereocenters. The molecule has 0 saturated carbocycles. The van der Waals surface area contributed by atoms with Gasteiger partial charge in [-0.3, -0.25) is 46.9 Å². The number of carboxylic acids is 2. The zero-order valence-electron chi connectivity index (χ0n) is 42.0. The van der Waals surface area contributed by atoms with E-state index in [4.69, 9.17) is 35.5 Å². The number of aliphatic carboxylic acids is 2. The van der Waals surface area contributed by atoms with Crippen LogP contribution in [0.25, 0.3) is 11.2 Å². The van der Waals surface area contributed by atoms with Crippen molar-refractivity contribution in [3.05, 3.63) is 49.1 Å². The molecule has 2 amide bonds. The van der Waals surface area contributed by atoms with Gasteiger partial charge in [0.05, 0.1) is 32.1 Å². The molecule has 10 atom stereocenters. The first-order valence-electron chi connectivity index (χ1n) is 23.5. The number of aliphatic hydroxyl groups is 3. The number of carboxylic acid groups (broad SMARTS) is 2. The number of ketones is 1. The number of phosphoric ester groups is 3. The molecule has 31 nitrogen and oxygen atoms in total. The zero-order valence-corrected chi connectivity index (χ0v) is 46.3. The second kappa shape index (κ2) is 32.2. The van der Waals surface area contributed by atoms with E-state index in [-0.39, 0.29) is 85.9 Å². The van der Waals surface area contributed by atoms with Crippen LogP contribution in [0.4, 0.5) is 5.82 Å². The second-order valence-electron chi connectivity index (χ2n) is 17.7. The highest BCUT2D eigenvalue weighted by atomic mass is 32.2. The molecule has 1 fully saturated rings. The largest absolute Gasteiger partial charge is 0.481 e. The van der Waals surface area contributed by atoms with Gasteiger partial charge in [-0.1, -0.05) is 62.1 Å². The summed E-state index contributed by atoms with van der Waals surface area (Å²) in [5.41, 5.74) is 9.74. The molecule has 0 spiro atoms. The van der Waals surface area contributed by atoms with E-state index >= 15 is 0 Å². The summed E-state index contributed by atoms with van der Waals surface area (Å²) < 4.78 is 62.4. The molecule has 36 heteroatoms. The minimum atomic E-state index is -5.62. The monoisotopic (exact) mass is 1210 g/mol. The number of hydrogen-bond donors (Lipinski definition) is 13. The first kappa shape index (κ1) is 67.9. The molecular formula is C42H65N8O23P3S2. The maximum Gasteiger partial charge on any atom is 0.481 e. The number of carbonyl (C=O) groups is 6. The molecule has 3 rings (SSSR count). The first-order chi connectivity index (χ1) is 36.4. The Hall–Kier alpha value is -4.34. The number of nitrogens with one attached hydrogen (secondary N) is 2. The van der Waals surface area contributed by atoms with Crippen LogP contribution in [-0.4, -0.2) is 179 Å². The highest BCUT2D eigenvalue weighted by Gasteiger charge is 2.50. The van der Waals surface area contributed by atoms with Crippen LogP contribution in [0, 0.1) is 5.41 Å². The third kappa shape index (κ3) is 24.6. The number of anilines is 1. The molecule has 0 bridgehead atoms. The van der Waals surface area contributed by atoms with Crippen LogP contribution in [0.15, 0.2) is 49.1 Å². The van der Waals surface area contributed by atoms with Gasteiger partial charge < -0.3 is 71.9 Å². The van der Waals surface area contributed by atoms with Crippen LogP contribution in [0.3, 0.4) is 0 Å². The van der Waals surface area contributed by atoms with Crippen molar-refractivity contribution in [2.75, 3.05) is 43.5 Å². The van der Waals surface area contributed by atoms with Gasteiger partial charge in [0.25, 0.3) is 0 Å². The maximum absolute atomic E-state index is 12.8. The fraction of sp³-hybridized carbons (Fsp3) is 0.595. The van der Waals surface area contributed by atoms with Crippen molar-refractivity contribution in [1.82, 2.24) is 30.2 Å². The van der Waals surface area contributed by atoms with E-state index in [9.17, 15) is 77.4 Å². The van der Waals surface area contributed by atoms with Gasteiger partial charge in [-0.25, -0.2) is 28.6 Å². The zero-order chi connectivity index (χ0) is 58.4. The number of rotatable bonds is 37. The lowest BCUT2D eigenvalue weighted by molar-refractivity contribution is -0.138. The predicted molar refractivity (Wildman–Crippen MR) is 277 cm³/mol. The number of imidazole rings is 1. The number of phosphoric acid groups is 3. The van der Waals surface area contributed by atoms with Crippen molar-refractivity contribution in [1.29, 1.82) is 0 Å². The standard InChI is InChI=1S/C42H65N8O23P3S2/c1-42(2,22-70-76(67,68)73-75(65,66)69-20-28-35(72-74(62,63)64)34(57)40(71-28)50-24-49-33-37(44)47-23-48-38(33)50)36(58)39(59)46-16-15-30(53)45-17-18-77-32(56)19-25(51)11-8-6-4-3-5-7-9-13-29(78-21-26(43)41(60)61)27(52)12-10-14-31(54)55/h3-5,7,9,13,23-24,26-29,34-36,40,52,57-58H,6,8,10-12,14-22,43H2,1-2H3,(H,45,53)(H,46,59)(H,54,55)(H,60,61)(H,65,66)(H,67,68)(H2,44,47,48)(H2,62,63,64)/b4-3+,7-5+,13-9+. The van der Waals surface area contributed by atoms with E-state index in [1.165, 1.54) is 13.8 Å². The summed E-state index contributed by atoms with van der Waals surface area (Å²) in [6, 6.07) is -1.13. The number of carbonyl (C=O) groups excluding carboxylic acids is 4. The number of aliphatic hydroxyl groups excluding tert-OH is 3. The predicted octanol–water partition coefficient (Wildman–Crippen LogP) is 0.592. The molecule has 2 aromatic rings. The van der Waals surface area contributed by atoms with Gasteiger partial charge in [0, 0.05) is 54.5 Å². The van der Waals surface area contributed by atoms with Gasteiger partial charge in [0.15, 0.2) is 22.8 Å². The lowest BCUT2D eigenvalue weighted by atomic mass is 9.87. The normalized spacial score (nSPS) is 20.3. The summed E-state index contributed by atoms with van der Waals surface area (Å²) in [5, 5.41) is 53.9. The number of fused-ring (bicyclic) bond motifs is 1. The van der Waals surface area contributed by atoms with Crippen molar-refractivity contribution in [2.24, 2.45) is 11.1 Å².